The third-order valence-electron chi connectivity index (χ3n) is 3.39. The van der Waals surface area contributed by atoms with Crippen LogP contribution in [0.25, 0.3) is 0 Å². The van der Waals surface area contributed by atoms with Crippen molar-refractivity contribution in [2.75, 3.05) is 19.8 Å². The number of hydrogen-bond donors (Lipinski definition) is 2. The number of ether oxygens (including phenoxy) is 1. The highest BCUT2D eigenvalue weighted by Crippen LogP contribution is 2.26. The zero-order valence-corrected chi connectivity index (χ0v) is 11.5. The molecule has 0 aromatic carbocycles. The van der Waals surface area contributed by atoms with Crippen LogP contribution in [0.2, 0.25) is 0 Å². The standard InChI is InChI=1S/C13H22F3NO3/c14-13(15,16)10-20-8-5-11(18)17-9-12(19)6-3-1-2-4-7-12/h19H,1-10H2,(H,17,18). The molecule has 1 aliphatic rings. The summed E-state index contributed by atoms with van der Waals surface area (Å²) in [6.07, 6.45) is 0.832. The summed E-state index contributed by atoms with van der Waals surface area (Å²) in [4.78, 5) is 11.5. The molecule has 0 aliphatic heterocycles. The van der Waals surface area contributed by atoms with Gasteiger partial charge in [-0.15, -0.1) is 0 Å². The van der Waals surface area contributed by atoms with Crippen molar-refractivity contribution >= 4 is 5.91 Å². The third kappa shape index (κ3) is 7.69. The van der Waals surface area contributed by atoms with Crippen LogP contribution in [0, 0.1) is 0 Å². The highest BCUT2D eigenvalue weighted by atomic mass is 19.4. The van der Waals surface area contributed by atoms with Gasteiger partial charge in [-0.1, -0.05) is 25.7 Å². The second-order valence-corrected chi connectivity index (χ2v) is 5.33. The molecule has 0 spiro atoms. The summed E-state index contributed by atoms with van der Waals surface area (Å²) < 4.78 is 39.8. The highest BCUT2D eigenvalue weighted by Gasteiger charge is 2.29. The van der Waals surface area contributed by atoms with E-state index in [0.29, 0.717) is 12.8 Å². The Hall–Kier alpha value is -0.820. The second kappa shape index (κ2) is 7.83. The Bertz CT molecular complexity index is 300. The topological polar surface area (TPSA) is 58.6 Å². The van der Waals surface area contributed by atoms with E-state index < -0.39 is 24.3 Å². The van der Waals surface area contributed by atoms with Gasteiger partial charge >= 0.3 is 6.18 Å². The summed E-state index contributed by atoms with van der Waals surface area (Å²) in [5.74, 6) is -0.398. The molecule has 1 aliphatic carbocycles. The molecule has 0 unspecified atom stereocenters. The first kappa shape index (κ1) is 17.2. The van der Waals surface area contributed by atoms with Crippen LogP contribution < -0.4 is 5.32 Å². The first-order valence-electron chi connectivity index (χ1n) is 6.94. The van der Waals surface area contributed by atoms with Crippen LogP contribution in [-0.4, -0.2) is 42.5 Å². The van der Waals surface area contributed by atoms with Crippen molar-refractivity contribution in [1.29, 1.82) is 0 Å². The Morgan fingerprint density at radius 2 is 1.80 bits per heavy atom. The van der Waals surface area contributed by atoms with Gasteiger partial charge in [0.15, 0.2) is 0 Å². The molecule has 7 heteroatoms. The predicted octanol–water partition coefficient (Wildman–Crippen LogP) is 2.16. The molecule has 1 fully saturated rings. The molecule has 0 saturated heterocycles. The van der Waals surface area contributed by atoms with Crippen molar-refractivity contribution in [3.8, 4) is 0 Å². The fourth-order valence-electron chi connectivity index (χ4n) is 2.27. The van der Waals surface area contributed by atoms with Gasteiger partial charge in [0.25, 0.3) is 0 Å². The van der Waals surface area contributed by atoms with Crippen LogP contribution in [0.3, 0.4) is 0 Å². The first-order valence-corrected chi connectivity index (χ1v) is 6.94. The minimum Gasteiger partial charge on any atom is -0.388 e. The lowest BCUT2D eigenvalue weighted by molar-refractivity contribution is -0.174. The maximum Gasteiger partial charge on any atom is 0.411 e. The van der Waals surface area contributed by atoms with Crippen molar-refractivity contribution in [3.63, 3.8) is 0 Å². The minimum absolute atomic E-state index is 0.133. The maximum absolute atomic E-state index is 11.8. The fraction of sp³-hybridized carbons (Fsp3) is 0.923. The van der Waals surface area contributed by atoms with E-state index in [9.17, 15) is 23.1 Å². The van der Waals surface area contributed by atoms with Gasteiger partial charge in [-0.25, -0.2) is 0 Å². The van der Waals surface area contributed by atoms with Crippen molar-refractivity contribution < 1.29 is 27.8 Å². The Labute approximate surface area is 116 Å². The van der Waals surface area contributed by atoms with Gasteiger partial charge in [0.1, 0.15) is 6.61 Å². The summed E-state index contributed by atoms with van der Waals surface area (Å²) in [6, 6.07) is 0. The quantitative estimate of drug-likeness (QED) is 0.583. The molecular weight excluding hydrogens is 275 g/mol. The van der Waals surface area contributed by atoms with Gasteiger partial charge < -0.3 is 15.2 Å². The van der Waals surface area contributed by atoms with Gasteiger partial charge in [-0.3, -0.25) is 4.79 Å². The second-order valence-electron chi connectivity index (χ2n) is 5.33. The number of hydrogen-bond acceptors (Lipinski definition) is 3. The molecule has 2 N–H and O–H groups in total. The highest BCUT2D eigenvalue weighted by molar-refractivity contribution is 5.76. The van der Waals surface area contributed by atoms with Gasteiger partial charge in [-0.05, 0) is 12.8 Å². The normalized spacial score (nSPS) is 19.4. The van der Waals surface area contributed by atoms with Crippen LogP contribution in [-0.2, 0) is 9.53 Å². The van der Waals surface area contributed by atoms with Crippen LogP contribution in [0.15, 0.2) is 0 Å². The van der Waals surface area contributed by atoms with Gasteiger partial charge in [0.2, 0.25) is 5.91 Å². The first-order chi connectivity index (χ1) is 9.31. The number of alkyl halides is 3. The zero-order chi connectivity index (χ0) is 15.1. The van der Waals surface area contributed by atoms with Crippen molar-refractivity contribution in [1.82, 2.24) is 5.32 Å². The Morgan fingerprint density at radius 1 is 1.20 bits per heavy atom. The summed E-state index contributed by atoms with van der Waals surface area (Å²) in [6.45, 7) is -1.46. The van der Waals surface area contributed by atoms with E-state index in [1.54, 1.807) is 0 Å². The van der Waals surface area contributed by atoms with Crippen molar-refractivity contribution in [2.24, 2.45) is 0 Å². The van der Waals surface area contributed by atoms with E-state index in [1.807, 2.05) is 0 Å². The molecule has 0 aromatic heterocycles. The van der Waals surface area contributed by atoms with E-state index >= 15 is 0 Å². The number of rotatable bonds is 6. The lowest BCUT2D eigenvalue weighted by Gasteiger charge is -2.26. The molecule has 4 nitrogen and oxygen atoms in total. The molecular formula is C13H22F3NO3. The largest absolute Gasteiger partial charge is 0.411 e. The third-order valence-corrected chi connectivity index (χ3v) is 3.39. The molecule has 0 aromatic rings. The van der Waals surface area contributed by atoms with Crippen LogP contribution in [0.1, 0.15) is 44.9 Å². The lowest BCUT2D eigenvalue weighted by atomic mass is 9.94. The molecule has 20 heavy (non-hydrogen) atoms. The molecule has 0 bridgehead atoms. The molecule has 1 amide bonds. The smallest absolute Gasteiger partial charge is 0.388 e. The van der Waals surface area contributed by atoms with Crippen molar-refractivity contribution in [3.05, 3.63) is 0 Å². The van der Waals surface area contributed by atoms with E-state index in [0.717, 1.165) is 25.7 Å². The fourth-order valence-corrected chi connectivity index (χ4v) is 2.27. The average molecular weight is 297 g/mol. The van der Waals surface area contributed by atoms with Crippen molar-refractivity contribution in [2.45, 2.75) is 56.7 Å². The number of carbonyl (C=O) groups excluding carboxylic acids is 1. The number of halogens is 3. The van der Waals surface area contributed by atoms with Crippen LogP contribution in [0.4, 0.5) is 13.2 Å². The van der Waals surface area contributed by atoms with Crippen LogP contribution in [0.5, 0.6) is 0 Å². The lowest BCUT2D eigenvalue weighted by Crippen LogP contribution is -2.42. The Balaban J connectivity index is 2.15. The summed E-state index contributed by atoms with van der Waals surface area (Å²) in [7, 11) is 0. The van der Waals surface area contributed by atoms with E-state index in [-0.39, 0.29) is 19.6 Å². The number of aliphatic hydroxyl groups is 1. The molecule has 0 atom stereocenters. The van der Waals surface area contributed by atoms with Gasteiger partial charge in [0, 0.05) is 13.0 Å². The number of carbonyl (C=O) groups is 1. The molecule has 1 rings (SSSR count). The molecule has 118 valence electrons. The maximum atomic E-state index is 11.8. The molecule has 1 saturated carbocycles. The monoisotopic (exact) mass is 297 g/mol. The molecule has 0 radical (unpaired) electrons. The average Bonchev–Trinajstić information content (AvgIpc) is 2.57. The zero-order valence-electron chi connectivity index (χ0n) is 11.5. The Morgan fingerprint density at radius 3 is 2.35 bits per heavy atom. The minimum atomic E-state index is -4.37. The van der Waals surface area contributed by atoms with E-state index in [4.69, 9.17) is 0 Å². The summed E-state index contributed by atoms with van der Waals surface area (Å²) in [5.41, 5.74) is -0.876. The van der Waals surface area contributed by atoms with E-state index in [2.05, 4.69) is 10.1 Å². The predicted molar refractivity (Wildman–Crippen MR) is 67.2 cm³/mol. The van der Waals surface area contributed by atoms with Gasteiger partial charge in [-0.2, -0.15) is 13.2 Å². The number of amides is 1. The number of nitrogens with one attached hydrogen (secondary N) is 1. The summed E-state index contributed by atoms with van der Waals surface area (Å²) in [5, 5.41) is 12.9. The van der Waals surface area contributed by atoms with E-state index in [1.165, 1.54) is 0 Å². The SMILES string of the molecule is O=C(CCOCC(F)(F)F)NCC1(O)CCCCCC1. The summed E-state index contributed by atoms with van der Waals surface area (Å²) >= 11 is 0. The van der Waals surface area contributed by atoms with Gasteiger partial charge in [0.05, 0.1) is 12.2 Å². The molecule has 0 heterocycles. The van der Waals surface area contributed by atoms with Crippen LogP contribution >= 0.6 is 0 Å². The Kier molecular flexibility index (Phi) is 6.75.